The molecular weight excluding hydrogens is 290 g/mol. The number of fused-ring (bicyclic) bond motifs is 1. The molecule has 0 saturated carbocycles. The van der Waals surface area contributed by atoms with Crippen molar-refractivity contribution < 1.29 is 14.3 Å². The largest absolute Gasteiger partial charge is 0.497 e. The summed E-state index contributed by atoms with van der Waals surface area (Å²) in [5, 5.41) is 2.79. The molecule has 6 nitrogen and oxygen atoms in total. The molecule has 0 aliphatic carbocycles. The third-order valence-electron chi connectivity index (χ3n) is 3.17. The van der Waals surface area contributed by atoms with E-state index in [1.807, 2.05) is 22.8 Å². The Morgan fingerprint density at radius 1 is 1.43 bits per heavy atom. The van der Waals surface area contributed by atoms with Crippen LogP contribution in [0.15, 0.2) is 18.2 Å². The first-order valence-electron chi connectivity index (χ1n) is 6.68. The van der Waals surface area contributed by atoms with E-state index >= 15 is 0 Å². The second kappa shape index (κ2) is 7.24. The van der Waals surface area contributed by atoms with Crippen LogP contribution in [0.5, 0.6) is 5.75 Å². The Labute approximate surface area is 128 Å². The van der Waals surface area contributed by atoms with Crippen LogP contribution in [0, 0.1) is 4.77 Å². The molecule has 0 bridgehead atoms. The van der Waals surface area contributed by atoms with Crippen molar-refractivity contribution in [3.8, 4) is 5.75 Å². The lowest BCUT2D eigenvalue weighted by molar-refractivity contribution is -0.121. The molecule has 1 aromatic carbocycles. The van der Waals surface area contributed by atoms with Gasteiger partial charge in [-0.05, 0) is 24.4 Å². The zero-order valence-electron chi connectivity index (χ0n) is 12.1. The second-order valence-electron chi connectivity index (χ2n) is 4.56. The number of carbonyl (C=O) groups excluding carboxylic acids is 1. The molecule has 0 atom stereocenters. The molecule has 1 heterocycles. The Morgan fingerprint density at radius 3 is 2.95 bits per heavy atom. The van der Waals surface area contributed by atoms with Crippen LogP contribution in [-0.4, -0.2) is 42.8 Å². The number of imidazole rings is 1. The summed E-state index contributed by atoms with van der Waals surface area (Å²) in [5.74, 6) is 0.737. The van der Waals surface area contributed by atoms with E-state index in [4.69, 9.17) is 21.7 Å². The van der Waals surface area contributed by atoms with Gasteiger partial charge in [0.1, 0.15) is 5.75 Å². The van der Waals surface area contributed by atoms with Gasteiger partial charge < -0.3 is 24.3 Å². The number of aromatic amines is 1. The maximum atomic E-state index is 11.7. The quantitative estimate of drug-likeness (QED) is 0.605. The van der Waals surface area contributed by atoms with E-state index in [-0.39, 0.29) is 5.91 Å². The third-order valence-corrected chi connectivity index (χ3v) is 3.50. The van der Waals surface area contributed by atoms with Crippen LogP contribution in [0.25, 0.3) is 11.0 Å². The predicted octanol–water partition coefficient (Wildman–Crippen LogP) is 1.86. The van der Waals surface area contributed by atoms with Crippen molar-refractivity contribution in [2.45, 2.75) is 13.0 Å². The lowest BCUT2D eigenvalue weighted by Crippen LogP contribution is -2.27. The molecule has 0 fully saturated rings. The van der Waals surface area contributed by atoms with Crippen molar-refractivity contribution in [2.24, 2.45) is 0 Å². The van der Waals surface area contributed by atoms with Crippen LogP contribution in [0.3, 0.4) is 0 Å². The van der Waals surface area contributed by atoms with Gasteiger partial charge in [0.25, 0.3) is 0 Å². The van der Waals surface area contributed by atoms with E-state index < -0.39 is 0 Å². The number of hydrogen-bond acceptors (Lipinski definition) is 4. The molecule has 0 aliphatic heterocycles. The molecule has 0 spiro atoms. The number of rotatable bonds is 7. The van der Waals surface area contributed by atoms with Crippen molar-refractivity contribution in [1.82, 2.24) is 14.9 Å². The number of nitrogens with one attached hydrogen (secondary N) is 2. The monoisotopic (exact) mass is 309 g/mol. The molecular formula is C14H19N3O3S. The zero-order chi connectivity index (χ0) is 15.2. The van der Waals surface area contributed by atoms with Crippen molar-refractivity contribution in [1.29, 1.82) is 0 Å². The average molecular weight is 309 g/mol. The number of nitrogens with zero attached hydrogens (tertiary/aromatic N) is 1. The second-order valence-corrected chi connectivity index (χ2v) is 4.94. The number of carbonyl (C=O) groups is 1. The summed E-state index contributed by atoms with van der Waals surface area (Å²) < 4.78 is 12.6. The van der Waals surface area contributed by atoms with Crippen LogP contribution in [-0.2, 0) is 16.1 Å². The number of H-pyrrole nitrogens is 1. The minimum absolute atomic E-state index is 0.0220. The summed E-state index contributed by atoms with van der Waals surface area (Å²) in [6.45, 7) is 1.54. The average Bonchev–Trinajstić information content (AvgIpc) is 2.80. The molecule has 2 aromatic rings. The fraction of sp³-hybridized carbons (Fsp3) is 0.429. The Morgan fingerprint density at radius 2 is 2.24 bits per heavy atom. The van der Waals surface area contributed by atoms with Crippen molar-refractivity contribution in [3.63, 3.8) is 0 Å². The highest BCUT2D eigenvalue weighted by atomic mass is 32.1. The Kier molecular flexibility index (Phi) is 5.35. The highest BCUT2D eigenvalue weighted by molar-refractivity contribution is 7.71. The van der Waals surface area contributed by atoms with Gasteiger partial charge in [0, 0.05) is 32.7 Å². The Balaban J connectivity index is 2.09. The Bertz CT molecular complexity index is 678. The summed E-state index contributed by atoms with van der Waals surface area (Å²) in [7, 11) is 3.22. The summed E-state index contributed by atoms with van der Waals surface area (Å²) in [4.78, 5) is 14.9. The van der Waals surface area contributed by atoms with Crippen molar-refractivity contribution in [3.05, 3.63) is 23.0 Å². The van der Waals surface area contributed by atoms with Gasteiger partial charge in [0.15, 0.2) is 4.77 Å². The number of ether oxygens (including phenoxy) is 2. The van der Waals surface area contributed by atoms with Gasteiger partial charge in [-0.1, -0.05) is 0 Å². The summed E-state index contributed by atoms with van der Waals surface area (Å²) in [5.41, 5.74) is 1.87. The Hall–Kier alpha value is -1.86. The molecule has 1 amide bonds. The number of aryl methyl sites for hydroxylation is 1. The first-order valence-corrected chi connectivity index (χ1v) is 7.08. The fourth-order valence-electron chi connectivity index (χ4n) is 2.08. The molecule has 0 aliphatic rings. The smallest absolute Gasteiger partial charge is 0.221 e. The van der Waals surface area contributed by atoms with E-state index in [1.54, 1.807) is 14.2 Å². The van der Waals surface area contributed by atoms with Crippen LogP contribution in [0.4, 0.5) is 0 Å². The van der Waals surface area contributed by atoms with E-state index in [9.17, 15) is 4.79 Å². The van der Waals surface area contributed by atoms with Crippen LogP contribution < -0.4 is 10.1 Å². The lowest BCUT2D eigenvalue weighted by atomic mass is 10.3. The maximum absolute atomic E-state index is 11.7. The highest BCUT2D eigenvalue weighted by Crippen LogP contribution is 2.20. The molecule has 2 rings (SSSR count). The van der Waals surface area contributed by atoms with Crippen LogP contribution >= 0.6 is 12.2 Å². The molecule has 1 aromatic heterocycles. The minimum atomic E-state index is -0.0220. The molecule has 21 heavy (non-hydrogen) atoms. The maximum Gasteiger partial charge on any atom is 0.221 e. The van der Waals surface area contributed by atoms with Gasteiger partial charge in [-0.3, -0.25) is 4.79 Å². The SMILES string of the molecule is COCCNC(=O)CCn1c(=S)[nH]c2ccc(OC)cc21. The van der Waals surface area contributed by atoms with E-state index in [2.05, 4.69) is 10.3 Å². The van der Waals surface area contributed by atoms with Gasteiger partial charge in [-0.2, -0.15) is 0 Å². The minimum Gasteiger partial charge on any atom is -0.497 e. The summed E-state index contributed by atoms with van der Waals surface area (Å²) >= 11 is 5.31. The lowest BCUT2D eigenvalue weighted by Gasteiger charge is -2.07. The standard InChI is InChI=1S/C14H19N3O3S/c1-19-8-6-15-13(18)5-7-17-12-9-10(20-2)3-4-11(12)16-14(17)21/h3-4,9H,5-8H2,1-2H3,(H,15,18)(H,16,21). The number of benzene rings is 1. The summed E-state index contributed by atoms with van der Waals surface area (Å²) in [6, 6.07) is 5.69. The number of amides is 1. The van der Waals surface area contributed by atoms with E-state index in [1.165, 1.54) is 0 Å². The zero-order valence-corrected chi connectivity index (χ0v) is 13.0. The molecule has 0 saturated heterocycles. The normalized spacial score (nSPS) is 10.8. The van der Waals surface area contributed by atoms with Crippen molar-refractivity contribution in [2.75, 3.05) is 27.4 Å². The van der Waals surface area contributed by atoms with E-state index in [0.29, 0.717) is 30.9 Å². The molecule has 114 valence electrons. The molecule has 0 unspecified atom stereocenters. The van der Waals surface area contributed by atoms with Gasteiger partial charge in [0.2, 0.25) is 5.91 Å². The predicted molar refractivity (Wildman–Crippen MR) is 83.2 cm³/mol. The van der Waals surface area contributed by atoms with Crippen LogP contribution in [0.2, 0.25) is 0 Å². The van der Waals surface area contributed by atoms with Gasteiger partial charge in [0.05, 0.1) is 24.8 Å². The number of hydrogen-bond donors (Lipinski definition) is 2. The number of methoxy groups -OCH3 is 2. The van der Waals surface area contributed by atoms with Gasteiger partial charge in [-0.25, -0.2) is 0 Å². The fourth-order valence-corrected chi connectivity index (χ4v) is 2.38. The van der Waals surface area contributed by atoms with Crippen LogP contribution in [0.1, 0.15) is 6.42 Å². The number of aromatic nitrogens is 2. The van der Waals surface area contributed by atoms with Gasteiger partial charge in [-0.15, -0.1) is 0 Å². The van der Waals surface area contributed by atoms with Crippen molar-refractivity contribution >= 4 is 29.2 Å². The highest BCUT2D eigenvalue weighted by Gasteiger charge is 2.08. The first-order chi connectivity index (χ1) is 10.2. The first kappa shape index (κ1) is 15.5. The topological polar surface area (TPSA) is 68.3 Å². The van der Waals surface area contributed by atoms with E-state index in [0.717, 1.165) is 16.8 Å². The molecule has 2 N–H and O–H groups in total. The van der Waals surface area contributed by atoms with Gasteiger partial charge >= 0.3 is 0 Å². The molecule has 7 heteroatoms. The summed E-state index contributed by atoms with van der Waals surface area (Å²) in [6.07, 6.45) is 0.363. The third kappa shape index (κ3) is 3.83. The molecule has 0 radical (unpaired) electrons.